The van der Waals surface area contributed by atoms with Gasteiger partial charge in [0, 0.05) is 12.5 Å². The van der Waals surface area contributed by atoms with Crippen molar-refractivity contribution in [2.24, 2.45) is 5.92 Å². The number of ketones is 2. The summed E-state index contributed by atoms with van der Waals surface area (Å²) in [7, 11) is 0. The normalized spacial score (nSPS) is 29.8. The van der Waals surface area contributed by atoms with Crippen LogP contribution in [0.2, 0.25) is 0 Å². The maximum atomic E-state index is 12.8. The first-order valence-electron chi connectivity index (χ1n) is 11.7. The highest BCUT2D eigenvalue weighted by Gasteiger charge is 2.39. The van der Waals surface area contributed by atoms with Gasteiger partial charge in [0.25, 0.3) is 0 Å². The molecule has 7 nitrogen and oxygen atoms in total. The molecule has 188 valence electrons. The van der Waals surface area contributed by atoms with Crippen molar-refractivity contribution in [2.75, 3.05) is 6.54 Å². The molecule has 0 aromatic carbocycles. The lowest BCUT2D eigenvalue weighted by molar-refractivity contribution is -0.135. The van der Waals surface area contributed by atoms with Crippen molar-refractivity contribution in [1.29, 1.82) is 0 Å². The quantitative estimate of drug-likeness (QED) is 0.458. The average molecular weight is 482 g/mol. The molecule has 2 aliphatic rings. The van der Waals surface area contributed by atoms with Crippen molar-refractivity contribution in [3.63, 3.8) is 0 Å². The van der Waals surface area contributed by atoms with Gasteiger partial charge in [0.2, 0.25) is 5.91 Å². The van der Waals surface area contributed by atoms with Crippen LogP contribution in [0.25, 0.3) is 0 Å². The van der Waals surface area contributed by atoms with Gasteiger partial charge in [-0.05, 0) is 32.4 Å². The summed E-state index contributed by atoms with van der Waals surface area (Å²) in [4.78, 5) is 38.8. The summed E-state index contributed by atoms with van der Waals surface area (Å²) in [6, 6.07) is -0.527. The molecule has 0 aromatic rings. The monoisotopic (exact) mass is 481 g/mol. The highest BCUT2D eigenvalue weighted by Crippen LogP contribution is 2.25. The number of hydrogen-bond acceptors (Lipinski definition) is 6. The zero-order chi connectivity index (χ0) is 26.0. The van der Waals surface area contributed by atoms with Crippen LogP contribution in [-0.2, 0) is 14.4 Å². The van der Waals surface area contributed by atoms with E-state index < -0.39 is 30.1 Å². The summed E-state index contributed by atoms with van der Waals surface area (Å²) in [6.07, 6.45) is 15.6. The predicted molar refractivity (Wildman–Crippen MR) is 135 cm³/mol. The first-order chi connectivity index (χ1) is 16.6. The van der Waals surface area contributed by atoms with E-state index >= 15 is 0 Å². The Morgan fingerprint density at radius 1 is 0.857 bits per heavy atom. The van der Waals surface area contributed by atoms with E-state index in [2.05, 4.69) is 0 Å². The van der Waals surface area contributed by atoms with Gasteiger partial charge < -0.3 is 20.2 Å². The van der Waals surface area contributed by atoms with Gasteiger partial charge in [-0.2, -0.15) is 0 Å². The van der Waals surface area contributed by atoms with Crippen LogP contribution in [-0.4, -0.2) is 68.6 Å². The number of aliphatic hydroxyl groups excluding tert-OH is 3. The van der Waals surface area contributed by atoms with Gasteiger partial charge in [-0.1, -0.05) is 78.8 Å². The summed E-state index contributed by atoms with van der Waals surface area (Å²) in [5.41, 5.74) is 1.60. The van der Waals surface area contributed by atoms with Crippen molar-refractivity contribution in [3.05, 3.63) is 84.1 Å². The molecule has 5 atom stereocenters. The van der Waals surface area contributed by atoms with E-state index in [9.17, 15) is 29.7 Å². The van der Waals surface area contributed by atoms with Crippen LogP contribution >= 0.6 is 0 Å². The SMILES string of the molecule is CC1=CC=CC2C(O)C(C)CN2C(=O)CC(=O)C=CC(C)=CC=CCC(O)C(O)C(=O)C=CC=C1. The third-order valence-corrected chi connectivity index (χ3v) is 5.88. The fourth-order valence-electron chi connectivity index (χ4n) is 3.73. The molecule has 7 heteroatoms. The molecular formula is C28H35NO6. The van der Waals surface area contributed by atoms with Crippen molar-refractivity contribution in [2.45, 2.75) is 58.0 Å². The molecule has 0 aromatic heterocycles. The van der Waals surface area contributed by atoms with Gasteiger partial charge >= 0.3 is 0 Å². The molecule has 0 spiro atoms. The molecule has 2 aliphatic heterocycles. The molecule has 3 N–H and O–H groups in total. The Hall–Kier alpha value is -3.13. The lowest BCUT2D eigenvalue weighted by Crippen LogP contribution is -2.39. The number of carbonyl (C=O) groups is 3. The molecule has 0 radical (unpaired) electrons. The molecule has 0 saturated carbocycles. The van der Waals surface area contributed by atoms with Crippen LogP contribution in [0.1, 0.15) is 33.6 Å². The summed E-state index contributed by atoms with van der Waals surface area (Å²) in [6.45, 7) is 5.86. The first-order valence-corrected chi connectivity index (χ1v) is 11.7. The molecular weight excluding hydrogens is 446 g/mol. The molecule has 5 unspecified atom stereocenters. The van der Waals surface area contributed by atoms with E-state index in [4.69, 9.17) is 0 Å². The number of carbonyl (C=O) groups excluding carboxylic acids is 3. The van der Waals surface area contributed by atoms with Gasteiger partial charge in [0.05, 0.1) is 24.7 Å². The summed E-state index contributed by atoms with van der Waals surface area (Å²) in [5, 5.41) is 30.6. The van der Waals surface area contributed by atoms with Gasteiger partial charge in [-0.15, -0.1) is 0 Å². The summed E-state index contributed by atoms with van der Waals surface area (Å²) in [5.74, 6) is -1.39. The molecule has 1 saturated heterocycles. The van der Waals surface area contributed by atoms with Crippen LogP contribution in [0.3, 0.4) is 0 Å². The second-order valence-electron chi connectivity index (χ2n) is 8.98. The molecule has 2 heterocycles. The fraction of sp³-hybridized carbons (Fsp3) is 0.393. The molecule has 1 amide bonds. The minimum Gasteiger partial charge on any atom is -0.390 e. The van der Waals surface area contributed by atoms with E-state index in [1.807, 2.05) is 13.8 Å². The van der Waals surface area contributed by atoms with Crippen molar-refractivity contribution in [3.8, 4) is 0 Å². The Balaban J connectivity index is 2.29. The third-order valence-electron chi connectivity index (χ3n) is 5.88. The van der Waals surface area contributed by atoms with Crippen LogP contribution in [0, 0.1) is 5.92 Å². The summed E-state index contributed by atoms with van der Waals surface area (Å²) < 4.78 is 0. The van der Waals surface area contributed by atoms with Crippen molar-refractivity contribution in [1.82, 2.24) is 4.90 Å². The Labute approximate surface area is 206 Å². The number of rotatable bonds is 0. The van der Waals surface area contributed by atoms with Gasteiger partial charge in [0.15, 0.2) is 11.6 Å². The second-order valence-corrected chi connectivity index (χ2v) is 8.98. The van der Waals surface area contributed by atoms with Crippen molar-refractivity contribution >= 4 is 17.5 Å². The highest BCUT2D eigenvalue weighted by molar-refractivity contribution is 6.04. The minimum absolute atomic E-state index is 0.0764. The average Bonchev–Trinajstić information content (AvgIpc) is 3.10. The molecule has 0 bridgehead atoms. The van der Waals surface area contributed by atoms with Crippen molar-refractivity contribution < 1.29 is 29.7 Å². The Bertz CT molecular complexity index is 997. The number of hydrogen-bond donors (Lipinski definition) is 3. The molecule has 2 rings (SSSR count). The third kappa shape index (κ3) is 8.87. The van der Waals surface area contributed by atoms with E-state index in [1.54, 1.807) is 66.5 Å². The lowest BCUT2D eigenvalue weighted by atomic mass is 10.0. The topological polar surface area (TPSA) is 115 Å². The van der Waals surface area contributed by atoms with Crippen LogP contribution in [0.15, 0.2) is 84.1 Å². The molecule has 1 fully saturated rings. The molecule has 0 aliphatic carbocycles. The lowest BCUT2D eigenvalue weighted by Gasteiger charge is -2.23. The number of fused-ring (bicyclic) bond motifs is 1. The smallest absolute Gasteiger partial charge is 0.230 e. The van der Waals surface area contributed by atoms with E-state index in [1.165, 1.54) is 18.2 Å². The van der Waals surface area contributed by atoms with E-state index in [0.29, 0.717) is 6.54 Å². The number of amides is 1. The largest absolute Gasteiger partial charge is 0.390 e. The summed E-state index contributed by atoms with van der Waals surface area (Å²) >= 11 is 0. The zero-order valence-electron chi connectivity index (χ0n) is 20.4. The first kappa shape index (κ1) is 28.1. The highest BCUT2D eigenvalue weighted by atomic mass is 16.3. The van der Waals surface area contributed by atoms with E-state index in [-0.39, 0.29) is 30.4 Å². The van der Waals surface area contributed by atoms with Gasteiger partial charge in [-0.3, -0.25) is 14.4 Å². The van der Waals surface area contributed by atoms with Crippen LogP contribution < -0.4 is 0 Å². The maximum absolute atomic E-state index is 12.8. The molecule has 35 heavy (non-hydrogen) atoms. The number of nitrogens with zero attached hydrogens (tertiary/aromatic N) is 1. The van der Waals surface area contributed by atoms with Gasteiger partial charge in [-0.25, -0.2) is 0 Å². The number of allylic oxidation sites excluding steroid dienone is 11. The maximum Gasteiger partial charge on any atom is 0.230 e. The van der Waals surface area contributed by atoms with Crippen LogP contribution in [0.5, 0.6) is 0 Å². The zero-order valence-corrected chi connectivity index (χ0v) is 20.4. The number of aliphatic hydroxyl groups is 3. The fourth-order valence-corrected chi connectivity index (χ4v) is 3.73. The Morgan fingerprint density at radius 2 is 1.51 bits per heavy atom. The minimum atomic E-state index is -1.53. The standard InChI is InChI=1S/C28H35NO6/c1-19-9-4-6-13-24(31)28(35)25(32)14-7-5-10-20(2)15-16-22(30)17-26(33)29-18-21(3)27(34)23(29)12-8-11-19/h4-13,15-16,21,23,25,27-28,32,34-35H,14,17-18H2,1-3H3. The predicted octanol–water partition coefficient (Wildman–Crippen LogP) is 2.52. The van der Waals surface area contributed by atoms with Gasteiger partial charge in [0.1, 0.15) is 6.10 Å². The van der Waals surface area contributed by atoms with E-state index in [0.717, 1.165) is 11.1 Å². The second kappa shape index (κ2) is 13.7. The van der Waals surface area contributed by atoms with Crippen LogP contribution in [0.4, 0.5) is 0 Å². The Morgan fingerprint density at radius 3 is 2.26 bits per heavy atom. The Kier molecular flexibility index (Phi) is 11.0.